The normalized spacial score (nSPS) is 9.88. The highest BCUT2D eigenvalue weighted by atomic mass is 19.1. The van der Waals surface area contributed by atoms with Crippen molar-refractivity contribution in [3.05, 3.63) is 40.6 Å². The number of benzene rings is 1. The predicted octanol–water partition coefficient (Wildman–Crippen LogP) is 2.23. The number of hydrogen-bond donors (Lipinski definition) is 1. The second kappa shape index (κ2) is 5.20. The van der Waals surface area contributed by atoms with Crippen LogP contribution >= 0.6 is 0 Å². The molecule has 0 saturated heterocycles. The number of hydrogen-bond acceptors (Lipinski definition) is 3. The van der Waals surface area contributed by atoms with Crippen molar-refractivity contribution in [2.24, 2.45) is 0 Å². The molecule has 1 amide bonds. The molecular formula is C10H10FN2O3. The molecule has 1 N–H and O–H groups in total. The van der Waals surface area contributed by atoms with Gasteiger partial charge in [0.15, 0.2) is 0 Å². The Morgan fingerprint density at radius 1 is 1.62 bits per heavy atom. The standard InChI is InChI=1S/C10H10FN2O3/c1-7(14)12-9-3-2-8(4-5-11)6-10(9)13(15)16/h2-3,5-6H,4H2,1H3,(H,12,14). The zero-order valence-electron chi connectivity index (χ0n) is 8.57. The first-order valence-corrected chi connectivity index (χ1v) is 4.51. The number of nitrogens with zero attached hydrogens (tertiary/aromatic N) is 1. The Balaban J connectivity index is 3.08. The summed E-state index contributed by atoms with van der Waals surface area (Å²) in [6.07, 6.45) is 0.00118. The van der Waals surface area contributed by atoms with E-state index in [1.54, 1.807) is 0 Å². The molecule has 1 rings (SSSR count). The summed E-state index contributed by atoms with van der Waals surface area (Å²) in [7, 11) is 0. The molecule has 0 aliphatic rings. The Hall–Kier alpha value is -1.98. The summed E-state index contributed by atoms with van der Waals surface area (Å²) < 4.78 is 12.0. The smallest absolute Gasteiger partial charge is 0.293 e. The molecule has 16 heavy (non-hydrogen) atoms. The minimum absolute atomic E-state index is 0.00118. The molecule has 0 unspecified atom stereocenters. The first-order valence-electron chi connectivity index (χ1n) is 4.51. The average molecular weight is 225 g/mol. The Kier molecular flexibility index (Phi) is 3.93. The van der Waals surface area contributed by atoms with Gasteiger partial charge in [-0.15, -0.1) is 0 Å². The molecule has 1 aromatic rings. The van der Waals surface area contributed by atoms with Crippen LogP contribution in [0.5, 0.6) is 0 Å². The van der Waals surface area contributed by atoms with Gasteiger partial charge in [-0.1, -0.05) is 6.07 Å². The lowest BCUT2D eigenvalue weighted by Gasteiger charge is -2.04. The van der Waals surface area contributed by atoms with Crippen LogP contribution in [-0.4, -0.2) is 10.8 Å². The molecule has 0 aliphatic heterocycles. The number of halogens is 1. The number of nitro benzene ring substituents is 1. The molecule has 1 aromatic carbocycles. The van der Waals surface area contributed by atoms with E-state index in [0.717, 1.165) is 0 Å². The Bertz CT molecular complexity index is 421. The molecule has 0 heterocycles. The second-order valence-corrected chi connectivity index (χ2v) is 3.15. The SMILES string of the molecule is CC(=O)Nc1ccc(C[CH]F)cc1[N+](=O)[O-]. The van der Waals surface area contributed by atoms with Crippen LogP contribution in [0.25, 0.3) is 0 Å². The van der Waals surface area contributed by atoms with Crippen molar-refractivity contribution in [1.82, 2.24) is 0 Å². The maximum absolute atomic E-state index is 12.0. The summed E-state index contributed by atoms with van der Waals surface area (Å²) in [5.41, 5.74) is 0.345. The third-order valence-corrected chi connectivity index (χ3v) is 1.88. The van der Waals surface area contributed by atoms with E-state index in [0.29, 0.717) is 12.2 Å². The predicted molar refractivity (Wildman–Crippen MR) is 56.5 cm³/mol. The van der Waals surface area contributed by atoms with E-state index < -0.39 is 10.8 Å². The zero-order valence-corrected chi connectivity index (χ0v) is 8.57. The first kappa shape index (κ1) is 12.1. The number of carbonyl (C=O) groups excluding carboxylic acids is 1. The van der Waals surface area contributed by atoms with Crippen LogP contribution in [0.4, 0.5) is 15.8 Å². The maximum atomic E-state index is 12.0. The molecule has 0 atom stereocenters. The molecule has 0 saturated carbocycles. The summed E-state index contributed by atoms with van der Waals surface area (Å²) in [4.78, 5) is 20.9. The Labute approximate surface area is 91.4 Å². The van der Waals surface area contributed by atoms with E-state index in [9.17, 15) is 19.3 Å². The molecule has 5 nitrogen and oxygen atoms in total. The number of nitrogens with one attached hydrogen (secondary N) is 1. The molecule has 0 bridgehead atoms. The number of rotatable bonds is 4. The van der Waals surface area contributed by atoms with Gasteiger partial charge in [0.25, 0.3) is 5.69 Å². The van der Waals surface area contributed by atoms with Gasteiger partial charge in [0, 0.05) is 19.4 Å². The van der Waals surface area contributed by atoms with Gasteiger partial charge < -0.3 is 5.32 Å². The minimum Gasteiger partial charge on any atom is -0.321 e. The minimum atomic E-state index is -0.618. The Morgan fingerprint density at radius 2 is 2.31 bits per heavy atom. The van der Waals surface area contributed by atoms with E-state index in [1.165, 1.54) is 25.1 Å². The van der Waals surface area contributed by atoms with Crippen LogP contribution in [0, 0.1) is 16.8 Å². The van der Waals surface area contributed by atoms with E-state index in [2.05, 4.69) is 5.32 Å². The van der Waals surface area contributed by atoms with Crippen LogP contribution < -0.4 is 5.32 Å². The molecular weight excluding hydrogens is 215 g/mol. The van der Waals surface area contributed by atoms with Crippen LogP contribution in [0.3, 0.4) is 0 Å². The summed E-state index contributed by atoms with van der Waals surface area (Å²) >= 11 is 0. The molecule has 0 spiro atoms. The van der Waals surface area contributed by atoms with Crippen molar-refractivity contribution >= 4 is 17.3 Å². The monoisotopic (exact) mass is 225 g/mol. The van der Waals surface area contributed by atoms with Gasteiger partial charge >= 0.3 is 0 Å². The van der Waals surface area contributed by atoms with Crippen molar-refractivity contribution in [3.8, 4) is 0 Å². The number of carbonyl (C=O) groups is 1. The quantitative estimate of drug-likeness (QED) is 0.630. The van der Waals surface area contributed by atoms with Crippen LogP contribution in [0.15, 0.2) is 18.2 Å². The maximum Gasteiger partial charge on any atom is 0.293 e. The van der Waals surface area contributed by atoms with Crippen molar-refractivity contribution in [2.75, 3.05) is 5.32 Å². The number of amides is 1. The molecule has 6 heteroatoms. The first-order chi connectivity index (χ1) is 7.54. The van der Waals surface area contributed by atoms with Crippen molar-refractivity contribution in [2.45, 2.75) is 13.3 Å². The second-order valence-electron chi connectivity index (χ2n) is 3.15. The van der Waals surface area contributed by atoms with Gasteiger partial charge in [0.2, 0.25) is 5.91 Å². The fourth-order valence-electron chi connectivity index (χ4n) is 1.24. The van der Waals surface area contributed by atoms with E-state index in [4.69, 9.17) is 0 Å². The lowest BCUT2D eigenvalue weighted by molar-refractivity contribution is -0.384. The fourth-order valence-corrected chi connectivity index (χ4v) is 1.24. The van der Waals surface area contributed by atoms with Crippen LogP contribution in [0.1, 0.15) is 12.5 Å². The number of anilines is 1. The van der Waals surface area contributed by atoms with Gasteiger partial charge in [-0.2, -0.15) is 0 Å². The third-order valence-electron chi connectivity index (χ3n) is 1.88. The van der Waals surface area contributed by atoms with Gasteiger partial charge in [0.05, 0.1) is 4.92 Å². The Morgan fingerprint density at radius 3 is 2.81 bits per heavy atom. The fraction of sp³-hybridized carbons (Fsp3) is 0.200. The van der Waals surface area contributed by atoms with Gasteiger partial charge in [-0.05, 0) is 11.6 Å². The highest BCUT2D eigenvalue weighted by molar-refractivity contribution is 5.91. The van der Waals surface area contributed by atoms with Crippen LogP contribution in [-0.2, 0) is 11.2 Å². The van der Waals surface area contributed by atoms with E-state index in [-0.39, 0.29) is 17.8 Å². The van der Waals surface area contributed by atoms with Crippen molar-refractivity contribution in [1.29, 1.82) is 0 Å². The summed E-state index contributed by atoms with van der Waals surface area (Å²) in [6, 6.07) is 4.15. The molecule has 0 fully saturated rings. The lowest BCUT2D eigenvalue weighted by Crippen LogP contribution is -2.08. The van der Waals surface area contributed by atoms with Gasteiger partial charge in [-0.3, -0.25) is 14.9 Å². The summed E-state index contributed by atoms with van der Waals surface area (Å²) in [6.45, 7) is 1.67. The van der Waals surface area contributed by atoms with Gasteiger partial charge in [-0.25, -0.2) is 4.39 Å². The summed E-state index contributed by atoms with van der Waals surface area (Å²) in [5, 5.41) is 13.0. The molecule has 1 radical (unpaired) electrons. The molecule has 0 aliphatic carbocycles. The third kappa shape index (κ3) is 3.01. The average Bonchev–Trinajstić information content (AvgIpc) is 2.19. The van der Waals surface area contributed by atoms with Crippen molar-refractivity contribution < 1.29 is 14.1 Å². The lowest BCUT2D eigenvalue weighted by atomic mass is 10.1. The number of nitro groups is 1. The summed E-state index contributed by atoms with van der Waals surface area (Å²) in [5.74, 6) is -0.395. The topological polar surface area (TPSA) is 72.2 Å². The van der Waals surface area contributed by atoms with E-state index in [1.807, 2.05) is 0 Å². The largest absolute Gasteiger partial charge is 0.321 e. The molecule has 0 aromatic heterocycles. The van der Waals surface area contributed by atoms with E-state index >= 15 is 0 Å². The van der Waals surface area contributed by atoms with Gasteiger partial charge in [0.1, 0.15) is 12.4 Å². The highest BCUT2D eigenvalue weighted by Gasteiger charge is 2.15. The van der Waals surface area contributed by atoms with Crippen LogP contribution in [0.2, 0.25) is 0 Å². The highest BCUT2D eigenvalue weighted by Crippen LogP contribution is 2.26. The molecule has 85 valence electrons. The van der Waals surface area contributed by atoms with Crippen molar-refractivity contribution in [3.63, 3.8) is 0 Å². The zero-order chi connectivity index (χ0) is 12.1.